The van der Waals surface area contributed by atoms with Gasteiger partial charge in [-0.3, -0.25) is 0 Å². The summed E-state index contributed by atoms with van der Waals surface area (Å²) in [6, 6.07) is -1.19. The summed E-state index contributed by atoms with van der Waals surface area (Å²) in [4.78, 5) is 3.04. The van der Waals surface area contributed by atoms with Crippen LogP contribution in [0.4, 0.5) is 26.3 Å². The number of nitrogens with zero attached hydrogens (tertiary/aromatic N) is 1. The van der Waals surface area contributed by atoms with Crippen molar-refractivity contribution in [2.45, 2.75) is 31.7 Å². The molecule has 0 saturated heterocycles. The van der Waals surface area contributed by atoms with Crippen LogP contribution < -0.4 is 5.32 Å². The molecule has 1 unspecified atom stereocenters. The smallest absolute Gasteiger partial charge is 0.309 e. The normalized spacial score (nSPS) is 14.8. The number of hydrogen-bond acceptors (Lipinski definition) is 3. The average molecular weight is 292 g/mol. The van der Waals surface area contributed by atoms with Gasteiger partial charge >= 0.3 is 12.4 Å². The third-order valence-corrected chi connectivity index (χ3v) is 3.15. The van der Waals surface area contributed by atoms with Crippen molar-refractivity contribution in [3.8, 4) is 0 Å². The van der Waals surface area contributed by atoms with Gasteiger partial charge in [0.25, 0.3) is 0 Å². The maximum atomic E-state index is 12.3. The first-order valence-corrected chi connectivity index (χ1v) is 5.78. The lowest BCUT2D eigenvalue weighted by Crippen LogP contribution is -2.25. The highest BCUT2D eigenvalue weighted by molar-refractivity contribution is 7.11. The predicted octanol–water partition coefficient (Wildman–Crippen LogP) is 3.76. The Morgan fingerprint density at radius 3 is 2.28 bits per heavy atom. The molecule has 0 aliphatic carbocycles. The molecule has 104 valence electrons. The molecule has 0 radical (unpaired) electrons. The Morgan fingerprint density at radius 2 is 1.89 bits per heavy atom. The SMILES string of the molecule is CCNC(CC(F)(F)F)c1cnc(C(F)(F)F)s1. The summed E-state index contributed by atoms with van der Waals surface area (Å²) in [5.74, 6) is 0. The predicted molar refractivity (Wildman–Crippen MR) is 54.2 cm³/mol. The molecule has 0 aromatic carbocycles. The Labute approximate surface area is 103 Å². The second-order valence-electron chi connectivity index (χ2n) is 3.50. The highest BCUT2D eigenvalue weighted by Gasteiger charge is 2.37. The summed E-state index contributed by atoms with van der Waals surface area (Å²) in [6.45, 7) is 1.80. The van der Waals surface area contributed by atoms with Gasteiger partial charge in [0.05, 0.1) is 12.5 Å². The van der Waals surface area contributed by atoms with Crippen LogP contribution in [0.2, 0.25) is 0 Å². The maximum absolute atomic E-state index is 12.3. The molecule has 1 N–H and O–H groups in total. The summed E-state index contributed by atoms with van der Waals surface area (Å²) < 4.78 is 73.7. The lowest BCUT2D eigenvalue weighted by molar-refractivity contribution is -0.140. The first kappa shape index (κ1) is 15.2. The summed E-state index contributed by atoms with van der Waals surface area (Å²) in [7, 11) is 0. The van der Waals surface area contributed by atoms with E-state index in [9.17, 15) is 26.3 Å². The quantitative estimate of drug-likeness (QED) is 0.855. The monoisotopic (exact) mass is 292 g/mol. The zero-order valence-electron chi connectivity index (χ0n) is 9.19. The van der Waals surface area contributed by atoms with Crippen molar-refractivity contribution in [1.82, 2.24) is 10.3 Å². The molecule has 0 aliphatic heterocycles. The average Bonchev–Trinajstić information content (AvgIpc) is 2.62. The fourth-order valence-electron chi connectivity index (χ4n) is 1.33. The molecule has 0 spiro atoms. The first-order valence-electron chi connectivity index (χ1n) is 4.96. The molecule has 0 saturated carbocycles. The van der Waals surface area contributed by atoms with E-state index in [-0.39, 0.29) is 22.8 Å². The van der Waals surface area contributed by atoms with E-state index in [1.165, 1.54) is 0 Å². The fraction of sp³-hybridized carbons (Fsp3) is 0.667. The van der Waals surface area contributed by atoms with Gasteiger partial charge < -0.3 is 5.32 Å². The van der Waals surface area contributed by atoms with Gasteiger partial charge in [0.2, 0.25) is 0 Å². The molecule has 1 aromatic rings. The summed E-state index contributed by atoms with van der Waals surface area (Å²) in [5.41, 5.74) is 0. The van der Waals surface area contributed by atoms with Crippen LogP contribution >= 0.6 is 11.3 Å². The molecule has 2 nitrogen and oxygen atoms in total. The van der Waals surface area contributed by atoms with Crippen LogP contribution in [0.5, 0.6) is 0 Å². The number of halogens is 6. The van der Waals surface area contributed by atoms with Crippen LogP contribution in [0.25, 0.3) is 0 Å². The summed E-state index contributed by atoms with van der Waals surface area (Å²) >= 11 is 0.230. The largest absolute Gasteiger partial charge is 0.443 e. The molecule has 18 heavy (non-hydrogen) atoms. The number of thiazole rings is 1. The van der Waals surface area contributed by atoms with Crippen LogP contribution in [0, 0.1) is 0 Å². The van der Waals surface area contributed by atoms with Gasteiger partial charge in [-0.2, -0.15) is 26.3 Å². The Balaban J connectivity index is 2.89. The molecular formula is C9H10F6N2S. The highest BCUT2D eigenvalue weighted by Crippen LogP contribution is 2.37. The Morgan fingerprint density at radius 1 is 1.28 bits per heavy atom. The number of hydrogen-bond donors (Lipinski definition) is 1. The highest BCUT2D eigenvalue weighted by atomic mass is 32.1. The van der Waals surface area contributed by atoms with E-state index in [2.05, 4.69) is 10.3 Å². The molecule has 9 heteroatoms. The van der Waals surface area contributed by atoms with Crippen LogP contribution in [-0.2, 0) is 6.18 Å². The van der Waals surface area contributed by atoms with E-state index in [4.69, 9.17) is 0 Å². The molecule has 0 fully saturated rings. The van der Waals surface area contributed by atoms with Crippen molar-refractivity contribution in [3.05, 3.63) is 16.1 Å². The fourth-order valence-corrected chi connectivity index (χ4v) is 2.19. The van der Waals surface area contributed by atoms with E-state index < -0.39 is 29.8 Å². The topological polar surface area (TPSA) is 24.9 Å². The van der Waals surface area contributed by atoms with E-state index >= 15 is 0 Å². The van der Waals surface area contributed by atoms with Gasteiger partial charge in [-0.05, 0) is 6.54 Å². The van der Waals surface area contributed by atoms with Gasteiger partial charge in [-0.25, -0.2) is 4.98 Å². The third-order valence-electron chi connectivity index (χ3n) is 2.00. The van der Waals surface area contributed by atoms with Crippen LogP contribution in [0.3, 0.4) is 0 Å². The Bertz CT molecular complexity index is 383. The standard InChI is InChI=1S/C9H10F6N2S/c1-2-16-5(3-8(10,11)12)6-4-17-7(18-6)9(13,14)15/h4-5,16H,2-3H2,1H3. The van der Waals surface area contributed by atoms with Crippen molar-refractivity contribution in [1.29, 1.82) is 0 Å². The van der Waals surface area contributed by atoms with Crippen molar-refractivity contribution in [3.63, 3.8) is 0 Å². The molecule has 0 aliphatic rings. The van der Waals surface area contributed by atoms with E-state index in [1.807, 2.05) is 0 Å². The lowest BCUT2D eigenvalue weighted by Gasteiger charge is -2.17. The molecule has 1 aromatic heterocycles. The van der Waals surface area contributed by atoms with Crippen molar-refractivity contribution in [2.75, 3.05) is 6.54 Å². The minimum absolute atomic E-state index is 0.0681. The van der Waals surface area contributed by atoms with E-state index in [1.54, 1.807) is 6.92 Å². The lowest BCUT2D eigenvalue weighted by atomic mass is 10.2. The van der Waals surface area contributed by atoms with Gasteiger partial charge in [0.1, 0.15) is 0 Å². The molecule has 0 amide bonds. The summed E-state index contributed by atoms with van der Waals surface area (Å²) in [6.07, 6.45) is -9.46. The van der Waals surface area contributed by atoms with Gasteiger partial charge in [-0.1, -0.05) is 6.92 Å². The second-order valence-corrected chi connectivity index (χ2v) is 4.56. The minimum Gasteiger partial charge on any atom is -0.309 e. The Hall–Kier alpha value is -0.830. The van der Waals surface area contributed by atoms with Gasteiger partial charge in [0, 0.05) is 11.1 Å². The molecule has 1 atom stereocenters. The summed E-state index contributed by atoms with van der Waals surface area (Å²) in [5, 5.41) is 1.37. The second kappa shape index (κ2) is 5.43. The van der Waals surface area contributed by atoms with E-state index in [0.717, 1.165) is 6.20 Å². The zero-order valence-corrected chi connectivity index (χ0v) is 10.0. The number of alkyl halides is 6. The number of aromatic nitrogens is 1. The first-order chi connectivity index (χ1) is 8.13. The van der Waals surface area contributed by atoms with Gasteiger partial charge in [-0.15, -0.1) is 11.3 Å². The van der Waals surface area contributed by atoms with Crippen LogP contribution in [0.1, 0.15) is 29.3 Å². The Kier molecular flexibility index (Phi) is 4.60. The molecule has 0 bridgehead atoms. The van der Waals surface area contributed by atoms with Crippen molar-refractivity contribution >= 4 is 11.3 Å². The molecule has 1 heterocycles. The van der Waals surface area contributed by atoms with Crippen molar-refractivity contribution in [2.24, 2.45) is 0 Å². The number of rotatable bonds is 4. The minimum atomic E-state index is -4.63. The molecule has 1 rings (SSSR count). The van der Waals surface area contributed by atoms with Crippen LogP contribution in [-0.4, -0.2) is 17.7 Å². The third kappa shape index (κ3) is 4.45. The van der Waals surface area contributed by atoms with Gasteiger partial charge in [0.15, 0.2) is 5.01 Å². The van der Waals surface area contributed by atoms with E-state index in [0.29, 0.717) is 0 Å². The van der Waals surface area contributed by atoms with Crippen molar-refractivity contribution < 1.29 is 26.3 Å². The molecular weight excluding hydrogens is 282 g/mol. The van der Waals surface area contributed by atoms with Crippen LogP contribution in [0.15, 0.2) is 6.20 Å². The number of nitrogens with one attached hydrogen (secondary N) is 1. The maximum Gasteiger partial charge on any atom is 0.443 e. The zero-order chi connectivity index (χ0) is 14.0.